The van der Waals surface area contributed by atoms with Crippen molar-refractivity contribution in [1.29, 1.82) is 0 Å². The van der Waals surface area contributed by atoms with E-state index in [2.05, 4.69) is 43.2 Å². The zero-order chi connectivity index (χ0) is 9.47. The molecule has 0 unspecified atom stereocenters. The largest absolute Gasteiger partial charge is 0.362 e. The number of nitrogens with one attached hydrogen (secondary N) is 2. The Hall–Kier alpha value is -1.44. The van der Waals surface area contributed by atoms with Gasteiger partial charge in [-0.2, -0.15) is 0 Å². The third-order valence-electron chi connectivity index (χ3n) is 2.20. The summed E-state index contributed by atoms with van der Waals surface area (Å²) >= 11 is 0. The van der Waals surface area contributed by atoms with Crippen molar-refractivity contribution in [3.63, 3.8) is 0 Å². The van der Waals surface area contributed by atoms with Gasteiger partial charge in [0.1, 0.15) is 5.66 Å². The van der Waals surface area contributed by atoms with Crippen molar-refractivity contribution in [2.24, 2.45) is 0 Å². The predicted molar refractivity (Wildman–Crippen MR) is 57.9 cm³/mol. The highest BCUT2D eigenvalue weighted by Crippen LogP contribution is 2.36. The highest BCUT2D eigenvalue weighted by Gasteiger charge is 2.26. The fraction of sp³-hybridized carbons (Fsp3) is 0.273. The Labute approximate surface area is 78.7 Å². The van der Waals surface area contributed by atoms with E-state index in [1.165, 1.54) is 0 Å². The Morgan fingerprint density at radius 2 is 2.08 bits per heavy atom. The topological polar surface area (TPSA) is 24.1 Å². The first-order valence-corrected chi connectivity index (χ1v) is 4.44. The molecule has 1 aromatic rings. The van der Waals surface area contributed by atoms with Crippen LogP contribution in [0.1, 0.15) is 19.4 Å². The van der Waals surface area contributed by atoms with E-state index in [0.717, 1.165) is 16.9 Å². The van der Waals surface area contributed by atoms with Gasteiger partial charge in [0.25, 0.3) is 0 Å². The minimum absolute atomic E-state index is 0.0541. The molecule has 0 amide bonds. The first kappa shape index (κ1) is 8.17. The molecule has 0 saturated carbocycles. The van der Waals surface area contributed by atoms with Crippen molar-refractivity contribution in [2.75, 3.05) is 10.6 Å². The average Bonchev–Trinajstić information content (AvgIpc) is 2.37. The SMILES string of the molecule is C=Cc1cccc2c1NC(C)(C)N2. The second kappa shape index (κ2) is 2.52. The highest BCUT2D eigenvalue weighted by atomic mass is 15.2. The van der Waals surface area contributed by atoms with Crippen LogP contribution >= 0.6 is 0 Å². The van der Waals surface area contributed by atoms with E-state index in [1.807, 2.05) is 12.1 Å². The number of hydrogen-bond acceptors (Lipinski definition) is 2. The van der Waals surface area contributed by atoms with Crippen LogP contribution in [0.2, 0.25) is 0 Å². The van der Waals surface area contributed by atoms with Crippen molar-refractivity contribution in [3.05, 3.63) is 30.3 Å². The zero-order valence-corrected chi connectivity index (χ0v) is 8.02. The fourth-order valence-electron chi connectivity index (χ4n) is 1.66. The molecular formula is C11H14N2. The van der Waals surface area contributed by atoms with Gasteiger partial charge in [-0.05, 0) is 25.5 Å². The summed E-state index contributed by atoms with van der Waals surface area (Å²) in [5.41, 5.74) is 3.40. The van der Waals surface area contributed by atoms with Crippen LogP contribution in [0.25, 0.3) is 6.08 Å². The van der Waals surface area contributed by atoms with Gasteiger partial charge in [-0.1, -0.05) is 24.8 Å². The molecule has 2 rings (SSSR count). The minimum atomic E-state index is -0.0541. The molecule has 0 aliphatic carbocycles. The number of fused-ring (bicyclic) bond motifs is 1. The molecule has 0 atom stereocenters. The summed E-state index contributed by atoms with van der Waals surface area (Å²) in [7, 11) is 0. The highest BCUT2D eigenvalue weighted by molar-refractivity contribution is 5.83. The molecule has 1 aliphatic rings. The summed E-state index contributed by atoms with van der Waals surface area (Å²) in [6.45, 7) is 8.01. The van der Waals surface area contributed by atoms with E-state index < -0.39 is 0 Å². The van der Waals surface area contributed by atoms with E-state index >= 15 is 0 Å². The Balaban J connectivity index is 2.51. The second-order valence-corrected chi connectivity index (χ2v) is 3.85. The van der Waals surface area contributed by atoms with E-state index in [9.17, 15) is 0 Å². The third kappa shape index (κ3) is 1.28. The standard InChI is InChI=1S/C11H14N2/c1-4-8-6-5-7-9-10(8)13-11(2,3)12-9/h4-7,12-13H,1H2,2-3H3. The van der Waals surface area contributed by atoms with Crippen LogP contribution in [0.4, 0.5) is 11.4 Å². The van der Waals surface area contributed by atoms with Crippen LogP contribution in [0.3, 0.4) is 0 Å². The van der Waals surface area contributed by atoms with Gasteiger partial charge in [-0.15, -0.1) is 0 Å². The monoisotopic (exact) mass is 174 g/mol. The lowest BCUT2D eigenvalue weighted by atomic mass is 10.1. The van der Waals surface area contributed by atoms with Crippen molar-refractivity contribution < 1.29 is 0 Å². The molecule has 1 aliphatic heterocycles. The van der Waals surface area contributed by atoms with Gasteiger partial charge in [0.05, 0.1) is 11.4 Å². The van der Waals surface area contributed by atoms with Crippen LogP contribution in [0.15, 0.2) is 24.8 Å². The fourth-order valence-corrected chi connectivity index (χ4v) is 1.66. The summed E-state index contributed by atoms with van der Waals surface area (Å²) in [5.74, 6) is 0. The summed E-state index contributed by atoms with van der Waals surface area (Å²) in [4.78, 5) is 0. The molecule has 13 heavy (non-hydrogen) atoms. The van der Waals surface area contributed by atoms with E-state index in [0.29, 0.717) is 0 Å². The summed E-state index contributed by atoms with van der Waals surface area (Å²) < 4.78 is 0. The molecule has 2 N–H and O–H groups in total. The number of anilines is 2. The lowest BCUT2D eigenvalue weighted by Gasteiger charge is -2.19. The van der Waals surface area contributed by atoms with Gasteiger partial charge in [0.2, 0.25) is 0 Å². The summed E-state index contributed by atoms with van der Waals surface area (Å²) in [6, 6.07) is 6.16. The van der Waals surface area contributed by atoms with Gasteiger partial charge in [0, 0.05) is 0 Å². The van der Waals surface area contributed by atoms with E-state index in [1.54, 1.807) is 0 Å². The lowest BCUT2D eigenvalue weighted by Crippen LogP contribution is -2.33. The maximum absolute atomic E-state index is 3.79. The Morgan fingerprint density at radius 1 is 1.31 bits per heavy atom. The molecular weight excluding hydrogens is 160 g/mol. The molecule has 0 spiro atoms. The summed E-state index contributed by atoms with van der Waals surface area (Å²) in [5, 5.41) is 6.80. The molecule has 68 valence electrons. The van der Waals surface area contributed by atoms with Crippen LogP contribution in [-0.2, 0) is 0 Å². The predicted octanol–water partition coefficient (Wildman–Crippen LogP) is 2.90. The normalized spacial score (nSPS) is 17.1. The molecule has 1 heterocycles. The Bertz CT molecular complexity index is 353. The summed E-state index contributed by atoms with van der Waals surface area (Å²) in [6.07, 6.45) is 1.87. The van der Waals surface area contributed by atoms with Gasteiger partial charge >= 0.3 is 0 Å². The smallest absolute Gasteiger partial charge is 0.102 e. The van der Waals surface area contributed by atoms with Crippen molar-refractivity contribution >= 4 is 17.5 Å². The Morgan fingerprint density at radius 3 is 2.77 bits per heavy atom. The van der Waals surface area contributed by atoms with Crippen LogP contribution in [-0.4, -0.2) is 5.66 Å². The van der Waals surface area contributed by atoms with E-state index in [-0.39, 0.29) is 5.66 Å². The maximum atomic E-state index is 3.79. The second-order valence-electron chi connectivity index (χ2n) is 3.85. The molecule has 2 heteroatoms. The number of benzene rings is 1. The zero-order valence-electron chi connectivity index (χ0n) is 8.02. The molecule has 0 saturated heterocycles. The first-order chi connectivity index (χ1) is 6.12. The quantitative estimate of drug-likeness (QED) is 0.684. The van der Waals surface area contributed by atoms with Crippen molar-refractivity contribution in [2.45, 2.75) is 19.5 Å². The molecule has 0 aromatic heterocycles. The number of para-hydroxylation sites is 1. The van der Waals surface area contributed by atoms with Gasteiger partial charge < -0.3 is 10.6 Å². The lowest BCUT2D eigenvalue weighted by molar-refractivity contribution is 0.675. The van der Waals surface area contributed by atoms with Crippen LogP contribution in [0.5, 0.6) is 0 Å². The van der Waals surface area contributed by atoms with Gasteiger partial charge in [0.15, 0.2) is 0 Å². The van der Waals surface area contributed by atoms with Crippen LogP contribution in [0, 0.1) is 0 Å². The Kier molecular flexibility index (Phi) is 1.59. The number of hydrogen-bond donors (Lipinski definition) is 2. The van der Waals surface area contributed by atoms with Gasteiger partial charge in [-0.3, -0.25) is 0 Å². The molecule has 1 aromatic carbocycles. The van der Waals surface area contributed by atoms with Crippen molar-refractivity contribution in [3.8, 4) is 0 Å². The van der Waals surface area contributed by atoms with Gasteiger partial charge in [-0.25, -0.2) is 0 Å². The van der Waals surface area contributed by atoms with Crippen molar-refractivity contribution in [1.82, 2.24) is 0 Å². The average molecular weight is 174 g/mol. The first-order valence-electron chi connectivity index (χ1n) is 4.44. The molecule has 0 radical (unpaired) electrons. The van der Waals surface area contributed by atoms with Crippen LogP contribution < -0.4 is 10.6 Å². The number of rotatable bonds is 1. The molecule has 0 fully saturated rings. The third-order valence-corrected chi connectivity index (χ3v) is 2.20. The molecule has 0 bridgehead atoms. The minimum Gasteiger partial charge on any atom is -0.362 e. The maximum Gasteiger partial charge on any atom is 0.102 e. The molecule has 2 nitrogen and oxygen atoms in total. The van der Waals surface area contributed by atoms with E-state index in [4.69, 9.17) is 0 Å².